The molecule has 3 atom stereocenters. The highest BCUT2D eigenvalue weighted by molar-refractivity contribution is 5.68. The van der Waals surface area contributed by atoms with E-state index in [1.165, 1.54) is 0 Å². The lowest BCUT2D eigenvalue weighted by atomic mass is 10.1. The fourth-order valence-electron chi connectivity index (χ4n) is 3.03. The highest BCUT2D eigenvalue weighted by atomic mass is 16.6. The van der Waals surface area contributed by atoms with Crippen molar-refractivity contribution in [2.45, 2.75) is 77.2 Å². The second-order valence-electron chi connectivity index (χ2n) is 7.23. The third kappa shape index (κ3) is 5.15. The van der Waals surface area contributed by atoms with Crippen molar-refractivity contribution in [1.29, 1.82) is 0 Å². The van der Waals surface area contributed by atoms with Gasteiger partial charge in [0.05, 0.1) is 6.10 Å². The number of carbonyl (C=O) groups is 1. The lowest BCUT2D eigenvalue weighted by Crippen LogP contribution is -2.43. The highest BCUT2D eigenvalue weighted by Gasteiger charge is 2.29. The van der Waals surface area contributed by atoms with Crippen molar-refractivity contribution in [3.05, 3.63) is 0 Å². The average Bonchev–Trinajstić information content (AvgIpc) is 2.62. The standard InChI is InChI=1S/C16H30N2O3/c1-12-14(8-11-20-12)17-13-6-5-9-18(10-7-13)15(19)21-16(2,3)4/h12-14,17H,5-11H2,1-4H3/t12-,13+,14+/m0/s1. The molecule has 21 heavy (non-hydrogen) atoms. The van der Waals surface area contributed by atoms with E-state index in [1.807, 2.05) is 25.7 Å². The molecular formula is C16H30N2O3. The first-order chi connectivity index (χ1) is 9.85. The Morgan fingerprint density at radius 1 is 1.24 bits per heavy atom. The van der Waals surface area contributed by atoms with Crippen LogP contribution in [0.15, 0.2) is 0 Å². The summed E-state index contributed by atoms with van der Waals surface area (Å²) in [6, 6.07) is 0.940. The number of nitrogens with one attached hydrogen (secondary N) is 1. The molecule has 122 valence electrons. The Labute approximate surface area is 128 Å². The van der Waals surface area contributed by atoms with Gasteiger partial charge in [0, 0.05) is 31.8 Å². The van der Waals surface area contributed by atoms with Gasteiger partial charge in [-0.25, -0.2) is 4.79 Å². The minimum Gasteiger partial charge on any atom is -0.444 e. The summed E-state index contributed by atoms with van der Waals surface area (Å²) in [5, 5.41) is 3.71. The molecule has 0 bridgehead atoms. The number of ether oxygens (including phenoxy) is 2. The SMILES string of the molecule is C[C@@H]1OCC[C@H]1N[C@@H]1CCCN(C(=O)OC(C)(C)C)CC1. The Balaban J connectivity index is 1.80. The van der Waals surface area contributed by atoms with Crippen LogP contribution in [0, 0.1) is 0 Å². The van der Waals surface area contributed by atoms with Gasteiger partial charge in [0.25, 0.3) is 0 Å². The zero-order valence-corrected chi connectivity index (χ0v) is 13.9. The van der Waals surface area contributed by atoms with Crippen molar-refractivity contribution in [3.63, 3.8) is 0 Å². The number of likely N-dealkylation sites (tertiary alicyclic amines) is 1. The molecule has 2 rings (SSSR count). The van der Waals surface area contributed by atoms with E-state index in [0.29, 0.717) is 18.2 Å². The molecule has 5 heteroatoms. The van der Waals surface area contributed by atoms with Crippen molar-refractivity contribution in [2.75, 3.05) is 19.7 Å². The van der Waals surface area contributed by atoms with Crippen LogP contribution in [0.4, 0.5) is 4.79 Å². The van der Waals surface area contributed by atoms with Crippen molar-refractivity contribution in [2.24, 2.45) is 0 Å². The first-order valence-corrected chi connectivity index (χ1v) is 8.21. The molecule has 2 aliphatic heterocycles. The van der Waals surface area contributed by atoms with E-state index in [-0.39, 0.29) is 6.09 Å². The van der Waals surface area contributed by atoms with Crippen LogP contribution in [0.25, 0.3) is 0 Å². The minimum atomic E-state index is -0.419. The number of hydrogen-bond acceptors (Lipinski definition) is 4. The second kappa shape index (κ2) is 6.97. The van der Waals surface area contributed by atoms with Gasteiger partial charge in [-0.05, 0) is 53.4 Å². The van der Waals surface area contributed by atoms with Gasteiger partial charge in [0.15, 0.2) is 0 Å². The van der Waals surface area contributed by atoms with Crippen molar-refractivity contribution >= 4 is 6.09 Å². The lowest BCUT2D eigenvalue weighted by molar-refractivity contribution is 0.0255. The smallest absolute Gasteiger partial charge is 0.410 e. The Morgan fingerprint density at radius 2 is 2.00 bits per heavy atom. The topological polar surface area (TPSA) is 50.8 Å². The van der Waals surface area contributed by atoms with Gasteiger partial charge in [0.2, 0.25) is 0 Å². The molecule has 1 amide bonds. The summed E-state index contributed by atoms with van der Waals surface area (Å²) < 4.78 is 11.1. The number of nitrogens with zero attached hydrogens (tertiary/aromatic N) is 1. The monoisotopic (exact) mass is 298 g/mol. The molecule has 2 saturated heterocycles. The van der Waals surface area contributed by atoms with E-state index in [9.17, 15) is 4.79 Å². The van der Waals surface area contributed by atoms with E-state index in [2.05, 4.69) is 12.2 Å². The molecular weight excluding hydrogens is 268 g/mol. The van der Waals surface area contributed by atoms with E-state index >= 15 is 0 Å². The van der Waals surface area contributed by atoms with Crippen LogP contribution in [0.1, 0.15) is 53.4 Å². The molecule has 5 nitrogen and oxygen atoms in total. The zero-order chi connectivity index (χ0) is 15.5. The van der Waals surface area contributed by atoms with E-state index in [4.69, 9.17) is 9.47 Å². The number of hydrogen-bond donors (Lipinski definition) is 1. The van der Waals surface area contributed by atoms with Crippen molar-refractivity contribution in [1.82, 2.24) is 10.2 Å². The maximum absolute atomic E-state index is 12.1. The molecule has 2 fully saturated rings. The molecule has 2 heterocycles. The summed E-state index contributed by atoms with van der Waals surface area (Å²) in [6.07, 6.45) is 4.34. The fourth-order valence-corrected chi connectivity index (χ4v) is 3.03. The molecule has 1 N–H and O–H groups in total. The summed E-state index contributed by atoms with van der Waals surface area (Å²) in [4.78, 5) is 14.0. The first-order valence-electron chi connectivity index (χ1n) is 8.21. The third-order valence-electron chi connectivity index (χ3n) is 4.21. The Morgan fingerprint density at radius 3 is 2.62 bits per heavy atom. The fraction of sp³-hybridized carbons (Fsp3) is 0.938. The Bertz CT molecular complexity index is 354. The second-order valence-corrected chi connectivity index (χ2v) is 7.23. The van der Waals surface area contributed by atoms with Gasteiger partial charge in [-0.3, -0.25) is 0 Å². The summed E-state index contributed by atoms with van der Waals surface area (Å²) in [6.45, 7) is 10.3. The normalized spacial score (nSPS) is 31.0. The van der Waals surface area contributed by atoms with Crippen LogP contribution in [0.3, 0.4) is 0 Å². The van der Waals surface area contributed by atoms with Crippen LogP contribution in [0.5, 0.6) is 0 Å². The lowest BCUT2D eigenvalue weighted by Gasteiger charge is -2.27. The van der Waals surface area contributed by atoms with Crippen molar-refractivity contribution < 1.29 is 14.3 Å². The number of carbonyl (C=O) groups excluding carboxylic acids is 1. The maximum atomic E-state index is 12.1. The largest absolute Gasteiger partial charge is 0.444 e. The summed E-state index contributed by atoms with van der Waals surface area (Å²) in [5.74, 6) is 0. The number of rotatable bonds is 2. The summed E-state index contributed by atoms with van der Waals surface area (Å²) >= 11 is 0. The molecule has 0 radical (unpaired) electrons. The van der Waals surface area contributed by atoms with Gasteiger partial charge in [-0.15, -0.1) is 0 Å². The predicted molar refractivity (Wildman–Crippen MR) is 82.4 cm³/mol. The van der Waals surface area contributed by atoms with Crippen molar-refractivity contribution in [3.8, 4) is 0 Å². The van der Waals surface area contributed by atoms with E-state index in [1.54, 1.807) is 0 Å². The minimum absolute atomic E-state index is 0.180. The van der Waals surface area contributed by atoms with Gasteiger partial charge < -0.3 is 19.7 Å². The third-order valence-corrected chi connectivity index (χ3v) is 4.21. The molecule has 0 aromatic heterocycles. The molecule has 0 saturated carbocycles. The van der Waals surface area contributed by atoms with Crippen LogP contribution in [-0.4, -0.2) is 54.5 Å². The summed E-state index contributed by atoms with van der Waals surface area (Å²) in [5.41, 5.74) is -0.419. The van der Waals surface area contributed by atoms with E-state index in [0.717, 1.165) is 45.4 Å². The van der Waals surface area contributed by atoms with Gasteiger partial charge in [-0.2, -0.15) is 0 Å². The summed E-state index contributed by atoms with van der Waals surface area (Å²) in [7, 11) is 0. The first kappa shape index (κ1) is 16.6. The molecule has 0 spiro atoms. The molecule has 2 aliphatic rings. The molecule has 0 aromatic rings. The average molecular weight is 298 g/mol. The van der Waals surface area contributed by atoms with Crippen LogP contribution < -0.4 is 5.32 Å². The maximum Gasteiger partial charge on any atom is 0.410 e. The van der Waals surface area contributed by atoms with Gasteiger partial charge in [-0.1, -0.05) is 0 Å². The van der Waals surface area contributed by atoms with Gasteiger partial charge >= 0.3 is 6.09 Å². The van der Waals surface area contributed by atoms with Crippen LogP contribution in [-0.2, 0) is 9.47 Å². The number of amides is 1. The Hall–Kier alpha value is -0.810. The van der Waals surface area contributed by atoms with Crippen LogP contribution >= 0.6 is 0 Å². The molecule has 0 aliphatic carbocycles. The van der Waals surface area contributed by atoms with E-state index < -0.39 is 5.60 Å². The Kier molecular flexibility index (Phi) is 5.49. The highest BCUT2D eigenvalue weighted by Crippen LogP contribution is 2.19. The quantitative estimate of drug-likeness (QED) is 0.851. The zero-order valence-electron chi connectivity index (χ0n) is 13.9. The van der Waals surface area contributed by atoms with Gasteiger partial charge in [0.1, 0.15) is 5.60 Å². The molecule has 0 unspecified atom stereocenters. The van der Waals surface area contributed by atoms with Crippen LogP contribution in [0.2, 0.25) is 0 Å². The molecule has 0 aromatic carbocycles. The predicted octanol–water partition coefficient (Wildman–Crippen LogP) is 2.54.